The lowest BCUT2D eigenvalue weighted by Gasteiger charge is -2.06. The zero-order valence-electron chi connectivity index (χ0n) is 8.36. The number of nitrogens with zero attached hydrogens (tertiary/aromatic N) is 1. The lowest BCUT2D eigenvalue weighted by atomic mass is 10.1. The van der Waals surface area contributed by atoms with Gasteiger partial charge in [0.2, 0.25) is 0 Å². The van der Waals surface area contributed by atoms with Crippen LogP contribution in [0.5, 0.6) is 0 Å². The third-order valence-corrected chi connectivity index (χ3v) is 2.12. The first-order valence-electron chi connectivity index (χ1n) is 4.72. The van der Waals surface area contributed by atoms with Crippen molar-refractivity contribution in [3.8, 4) is 0 Å². The van der Waals surface area contributed by atoms with E-state index in [-0.39, 0.29) is 0 Å². The van der Waals surface area contributed by atoms with Crippen molar-refractivity contribution in [1.82, 2.24) is 4.57 Å². The minimum Gasteiger partial charge on any atom is -0.478 e. The maximum Gasteiger partial charge on any atom is 0.337 e. The van der Waals surface area contributed by atoms with Crippen LogP contribution >= 0.6 is 0 Å². The van der Waals surface area contributed by atoms with E-state index in [9.17, 15) is 4.79 Å². The number of aromatic carboxylic acids is 1. The summed E-state index contributed by atoms with van der Waals surface area (Å²) in [6.45, 7) is 6.35. The van der Waals surface area contributed by atoms with E-state index in [1.807, 2.05) is 11.5 Å². The second-order valence-electron chi connectivity index (χ2n) is 3.17. The van der Waals surface area contributed by atoms with Gasteiger partial charge < -0.3 is 9.67 Å². The third-order valence-electron chi connectivity index (χ3n) is 2.12. The molecule has 0 saturated carbocycles. The molecule has 76 valence electrons. The van der Waals surface area contributed by atoms with Gasteiger partial charge in [0.15, 0.2) is 0 Å². The molecular weight excluding hydrogens is 178 g/mol. The van der Waals surface area contributed by atoms with E-state index in [0.717, 1.165) is 18.5 Å². The summed E-state index contributed by atoms with van der Waals surface area (Å²) in [6.07, 6.45) is 5.31. The number of hydrogen-bond acceptors (Lipinski definition) is 1. The first kappa shape index (κ1) is 10.6. The van der Waals surface area contributed by atoms with Gasteiger partial charge in [0.05, 0.1) is 5.56 Å². The zero-order chi connectivity index (χ0) is 10.6. The van der Waals surface area contributed by atoms with Gasteiger partial charge in [-0.05, 0) is 12.5 Å². The highest BCUT2D eigenvalue weighted by atomic mass is 16.4. The SMILES string of the molecule is C=CCn1ccc(C(=O)O)c1CCC. The van der Waals surface area contributed by atoms with Gasteiger partial charge in [-0.25, -0.2) is 4.79 Å². The van der Waals surface area contributed by atoms with E-state index in [2.05, 4.69) is 6.58 Å². The van der Waals surface area contributed by atoms with E-state index in [0.29, 0.717) is 12.1 Å². The Balaban J connectivity index is 3.05. The first-order chi connectivity index (χ1) is 6.70. The molecule has 14 heavy (non-hydrogen) atoms. The highest BCUT2D eigenvalue weighted by molar-refractivity contribution is 5.89. The summed E-state index contributed by atoms with van der Waals surface area (Å²) >= 11 is 0. The van der Waals surface area contributed by atoms with Gasteiger partial charge >= 0.3 is 5.97 Å². The fraction of sp³-hybridized carbons (Fsp3) is 0.364. The van der Waals surface area contributed by atoms with Gasteiger partial charge in [0.1, 0.15) is 0 Å². The van der Waals surface area contributed by atoms with Crippen molar-refractivity contribution in [1.29, 1.82) is 0 Å². The molecule has 0 spiro atoms. The van der Waals surface area contributed by atoms with Crippen molar-refractivity contribution < 1.29 is 9.90 Å². The predicted octanol–water partition coefficient (Wildman–Crippen LogP) is 2.32. The average Bonchev–Trinajstić information content (AvgIpc) is 2.50. The molecular formula is C11H15NO2. The van der Waals surface area contributed by atoms with E-state index in [1.54, 1.807) is 18.3 Å². The van der Waals surface area contributed by atoms with Gasteiger partial charge in [-0.15, -0.1) is 6.58 Å². The van der Waals surface area contributed by atoms with Gasteiger partial charge in [-0.1, -0.05) is 19.4 Å². The van der Waals surface area contributed by atoms with Crippen LogP contribution in [-0.2, 0) is 13.0 Å². The van der Waals surface area contributed by atoms with Crippen LogP contribution in [0, 0.1) is 0 Å². The number of allylic oxidation sites excluding steroid dienone is 1. The highest BCUT2D eigenvalue weighted by Crippen LogP contribution is 2.13. The van der Waals surface area contributed by atoms with Crippen LogP contribution in [0.15, 0.2) is 24.9 Å². The Bertz CT molecular complexity index is 339. The lowest BCUT2D eigenvalue weighted by molar-refractivity contribution is 0.0695. The minimum absolute atomic E-state index is 0.411. The van der Waals surface area contributed by atoms with Gasteiger partial charge in [-0.2, -0.15) is 0 Å². The summed E-state index contributed by atoms with van der Waals surface area (Å²) in [7, 11) is 0. The van der Waals surface area contributed by atoms with Crippen molar-refractivity contribution in [2.24, 2.45) is 0 Å². The monoisotopic (exact) mass is 193 g/mol. The number of carboxylic acid groups (broad SMARTS) is 1. The molecule has 0 aliphatic heterocycles. The zero-order valence-corrected chi connectivity index (χ0v) is 8.36. The normalized spacial score (nSPS) is 10.1. The standard InChI is InChI=1S/C11H15NO2/c1-3-5-10-9(11(13)14)6-8-12(10)7-4-2/h4,6,8H,2-3,5,7H2,1H3,(H,13,14). The maximum atomic E-state index is 10.9. The number of carbonyl (C=O) groups is 1. The van der Waals surface area contributed by atoms with Crippen LogP contribution in [0.2, 0.25) is 0 Å². The molecule has 1 rings (SSSR count). The van der Waals surface area contributed by atoms with Crippen molar-refractivity contribution in [2.75, 3.05) is 0 Å². The van der Waals surface area contributed by atoms with Gasteiger partial charge in [0.25, 0.3) is 0 Å². The predicted molar refractivity (Wildman–Crippen MR) is 55.6 cm³/mol. The van der Waals surface area contributed by atoms with Crippen LogP contribution in [0.3, 0.4) is 0 Å². The molecule has 0 radical (unpaired) electrons. The van der Waals surface area contributed by atoms with Gasteiger partial charge in [0, 0.05) is 18.4 Å². The molecule has 1 aromatic rings. The van der Waals surface area contributed by atoms with E-state index >= 15 is 0 Å². The number of rotatable bonds is 5. The fourth-order valence-corrected chi connectivity index (χ4v) is 1.53. The summed E-state index contributed by atoms with van der Waals surface area (Å²) < 4.78 is 1.93. The van der Waals surface area contributed by atoms with Crippen LogP contribution < -0.4 is 0 Å². The quantitative estimate of drug-likeness (QED) is 0.729. The van der Waals surface area contributed by atoms with Crippen LogP contribution in [0.4, 0.5) is 0 Å². The second kappa shape index (κ2) is 4.65. The molecule has 0 aromatic carbocycles. The molecule has 0 bridgehead atoms. The Kier molecular flexibility index (Phi) is 3.51. The molecule has 0 aliphatic carbocycles. The van der Waals surface area contributed by atoms with Crippen molar-refractivity contribution >= 4 is 5.97 Å². The van der Waals surface area contributed by atoms with E-state index in [4.69, 9.17) is 5.11 Å². The van der Waals surface area contributed by atoms with Gasteiger partial charge in [-0.3, -0.25) is 0 Å². The number of carboxylic acids is 1. The molecule has 1 aromatic heterocycles. The molecule has 0 unspecified atom stereocenters. The Labute approximate surface area is 83.7 Å². The third kappa shape index (κ3) is 2.05. The largest absolute Gasteiger partial charge is 0.478 e. The summed E-state index contributed by atoms with van der Waals surface area (Å²) in [5, 5.41) is 8.93. The molecule has 0 amide bonds. The van der Waals surface area contributed by atoms with Crippen LogP contribution in [0.25, 0.3) is 0 Å². The molecule has 3 nitrogen and oxygen atoms in total. The summed E-state index contributed by atoms with van der Waals surface area (Å²) in [5.41, 5.74) is 1.30. The average molecular weight is 193 g/mol. The Morgan fingerprint density at radius 2 is 2.43 bits per heavy atom. The molecule has 3 heteroatoms. The van der Waals surface area contributed by atoms with E-state index < -0.39 is 5.97 Å². The minimum atomic E-state index is -0.851. The summed E-state index contributed by atoms with van der Waals surface area (Å²) in [4.78, 5) is 10.9. The highest BCUT2D eigenvalue weighted by Gasteiger charge is 2.13. The van der Waals surface area contributed by atoms with E-state index in [1.165, 1.54) is 0 Å². The van der Waals surface area contributed by atoms with Crippen molar-refractivity contribution in [3.63, 3.8) is 0 Å². The summed E-state index contributed by atoms with van der Waals surface area (Å²) in [5.74, 6) is -0.851. The smallest absolute Gasteiger partial charge is 0.337 e. The lowest BCUT2D eigenvalue weighted by Crippen LogP contribution is -2.05. The fourth-order valence-electron chi connectivity index (χ4n) is 1.53. The molecule has 0 aliphatic rings. The summed E-state index contributed by atoms with van der Waals surface area (Å²) in [6, 6.07) is 1.65. The molecule has 0 atom stereocenters. The topological polar surface area (TPSA) is 42.2 Å². The number of aromatic nitrogens is 1. The molecule has 1 heterocycles. The van der Waals surface area contributed by atoms with Crippen molar-refractivity contribution in [2.45, 2.75) is 26.3 Å². The molecule has 1 N–H and O–H groups in total. The Morgan fingerprint density at radius 3 is 2.93 bits per heavy atom. The first-order valence-corrected chi connectivity index (χ1v) is 4.72. The maximum absolute atomic E-state index is 10.9. The van der Waals surface area contributed by atoms with Crippen molar-refractivity contribution in [3.05, 3.63) is 36.2 Å². The number of hydrogen-bond donors (Lipinski definition) is 1. The van der Waals surface area contributed by atoms with Crippen LogP contribution in [0.1, 0.15) is 29.4 Å². The van der Waals surface area contributed by atoms with Crippen LogP contribution in [-0.4, -0.2) is 15.6 Å². The second-order valence-corrected chi connectivity index (χ2v) is 3.17. The molecule has 0 fully saturated rings. The Morgan fingerprint density at radius 1 is 1.71 bits per heavy atom. The Hall–Kier alpha value is -1.51. The molecule has 0 saturated heterocycles.